The number of likely N-dealkylation sites (N-methyl/N-ethyl adjacent to an activating group) is 1. The van der Waals surface area contributed by atoms with Gasteiger partial charge in [0, 0.05) is 32.9 Å². The van der Waals surface area contributed by atoms with Crippen LogP contribution >= 0.6 is 0 Å². The summed E-state index contributed by atoms with van der Waals surface area (Å²) in [6.07, 6.45) is -0.571. The van der Waals surface area contributed by atoms with Gasteiger partial charge in [0.2, 0.25) is 5.91 Å². The molecule has 1 atom stereocenters. The van der Waals surface area contributed by atoms with Crippen molar-refractivity contribution in [2.75, 3.05) is 13.7 Å². The minimum atomic E-state index is -1.12. The van der Waals surface area contributed by atoms with E-state index >= 15 is 0 Å². The van der Waals surface area contributed by atoms with E-state index in [-0.39, 0.29) is 24.9 Å². The molecule has 7 heteroatoms. The normalized spacial score (nSPS) is 12.9. The van der Waals surface area contributed by atoms with E-state index in [2.05, 4.69) is 17.4 Å². The molecule has 4 rings (SSSR count). The Morgan fingerprint density at radius 3 is 2.14 bits per heavy atom. The first kappa shape index (κ1) is 24.0. The van der Waals surface area contributed by atoms with Crippen LogP contribution in [0.5, 0.6) is 0 Å². The van der Waals surface area contributed by atoms with E-state index in [4.69, 9.17) is 4.74 Å². The van der Waals surface area contributed by atoms with Crippen LogP contribution in [0.1, 0.15) is 35.1 Å². The van der Waals surface area contributed by atoms with Gasteiger partial charge in [0.1, 0.15) is 12.6 Å². The molecule has 3 aromatic carbocycles. The molecule has 0 radical (unpaired) electrons. The molecular formula is C28H28N2O5. The van der Waals surface area contributed by atoms with Crippen LogP contribution in [0.3, 0.4) is 0 Å². The molecular weight excluding hydrogens is 444 g/mol. The Labute approximate surface area is 204 Å². The number of carboxylic acids is 1. The number of fused-ring (bicyclic) bond motifs is 3. The summed E-state index contributed by atoms with van der Waals surface area (Å²) in [5.41, 5.74) is 6.04. The van der Waals surface area contributed by atoms with Crippen molar-refractivity contribution in [3.05, 3.63) is 95.1 Å². The van der Waals surface area contributed by atoms with Gasteiger partial charge in [0.05, 0.1) is 0 Å². The average Bonchev–Trinajstić information content (AvgIpc) is 3.18. The number of rotatable bonds is 8. The number of ether oxygens (including phenoxy) is 1. The van der Waals surface area contributed by atoms with Gasteiger partial charge in [0.15, 0.2) is 0 Å². The summed E-state index contributed by atoms with van der Waals surface area (Å²) < 4.78 is 5.64. The lowest BCUT2D eigenvalue weighted by molar-refractivity contribution is -0.142. The third kappa shape index (κ3) is 5.35. The Morgan fingerprint density at radius 2 is 1.54 bits per heavy atom. The van der Waals surface area contributed by atoms with Crippen molar-refractivity contribution in [1.29, 1.82) is 0 Å². The summed E-state index contributed by atoms with van der Waals surface area (Å²) in [4.78, 5) is 37.2. The first-order chi connectivity index (χ1) is 16.8. The number of aliphatic carboxylic acids is 1. The van der Waals surface area contributed by atoms with Gasteiger partial charge in [-0.15, -0.1) is 0 Å². The maximum Gasteiger partial charge on any atom is 0.410 e. The Balaban J connectivity index is 1.44. The van der Waals surface area contributed by atoms with Gasteiger partial charge >= 0.3 is 12.1 Å². The molecule has 180 valence electrons. The predicted octanol–water partition coefficient (Wildman–Crippen LogP) is 4.20. The molecule has 0 unspecified atom stereocenters. The number of hydrogen-bond acceptors (Lipinski definition) is 4. The molecule has 0 heterocycles. The van der Waals surface area contributed by atoms with E-state index in [9.17, 15) is 19.5 Å². The molecule has 2 N–H and O–H groups in total. The molecule has 0 fully saturated rings. The zero-order valence-electron chi connectivity index (χ0n) is 19.7. The fraction of sp³-hybridized carbons (Fsp3) is 0.250. The number of carboxylic acid groups (broad SMARTS) is 1. The number of benzene rings is 3. The molecule has 0 aliphatic heterocycles. The zero-order chi connectivity index (χ0) is 24.9. The molecule has 0 bridgehead atoms. The first-order valence-corrected chi connectivity index (χ1v) is 11.5. The Kier molecular flexibility index (Phi) is 7.15. The lowest BCUT2D eigenvalue weighted by Crippen LogP contribution is -2.44. The smallest absolute Gasteiger partial charge is 0.410 e. The monoisotopic (exact) mass is 472 g/mol. The minimum absolute atomic E-state index is 0.103. The van der Waals surface area contributed by atoms with E-state index in [1.807, 2.05) is 48.5 Å². The summed E-state index contributed by atoms with van der Waals surface area (Å²) >= 11 is 0. The number of carbonyl (C=O) groups excluding carboxylic acids is 2. The molecule has 2 amide bonds. The van der Waals surface area contributed by atoms with Crippen molar-refractivity contribution >= 4 is 18.0 Å². The van der Waals surface area contributed by atoms with Crippen LogP contribution in [0.25, 0.3) is 11.1 Å². The van der Waals surface area contributed by atoms with Crippen LogP contribution in [0.2, 0.25) is 0 Å². The molecule has 1 aliphatic rings. The van der Waals surface area contributed by atoms with Crippen LogP contribution in [-0.2, 0) is 27.3 Å². The fourth-order valence-corrected chi connectivity index (χ4v) is 4.53. The van der Waals surface area contributed by atoms with Crippen molar-refractivity contribution in [3.8, 4) is 11.1 Å². The van der Waals surface area contributed by atoms with E-state index < -0.39 is 18.1 Å². The van der Waals surface area contributed by atoms with Crippen LogP contribution in [0, 0.1) is 0 Å². The summed E-state index contributed by atoms with van der Waals surface area (Å²) in [6, 6.07) is 22.3. The fourth-order valence-electron chi connectivity index (χ4n) is 4.53. The Bertz CT molecular complexity index is 1210. The minimum Gasteiger partial charge on any atom is -0.480 e. The summed E-state index contributed by atoms with van der Waals surface area (Å²) in [6.45, 7) is 1.91. The predicted molar refractivity (Wildman–Crippen MR) is 132 cm³/mol. The van der Waals surface area contributed by atoms with E-state index in [1.54, 1.807) is 12.1 Å². The number of nitrogens with one attached hydrogen (secondary N) is 1. The third-order valence-electron chi connectivity index (χ3n) is 6.34. The third-order valence-corrected chi connectivity index (χ3v) is 6.34. The second-order valence-electron chi connectivity index (χ2n) is 8.70. The quantitative estimate of drug-likeness (QED) is 0.512. The van der Waals surface area contributed by atoms with Gasteiger partial charge in [-0.1, -0.05) is 72.8 Å². The van der Waals surface area contributed by atoms with Crippen LogP contribution in [0.15, 0.2) is 72.8 Å². The number of carbonyl (C=O) groups is 3. The first-order valence-electron chi connectivity index (χ1n) is 11.5. The maximum absolute atomic E-state index is 12.9. The summed E-state index contributed by atoms with van der Waals surface area (Å²) in [5, 5.41) is 12.6. The van der Waals surface area contributed by atoms with E-state index in [1.165, 1.54) is 14.0 Å². The molecule has 1 aliphatic carbocycles. The van der Waals surface area contributed by atoms with Gasteiger partial charge in [-0.2, -0.15) is 0 Å². The number of amides is 2. The van der Waals surface area contributed by atoms with Crippen molar-refractivity contribution in [2.45, 2.75) is 31.8 Å². The maximum atomic E-state index is 12.9. The lowest BCUT2D eigenvalue weighted by atomic mass is 9.98. The van der Waals surface area contributed by atoms with Crippen LogP contribution in [0.4, 0.5) is 4.79 Å². The van der Waals surface area contributed by atoms with Crippen molar-refractivity contribution in [3.63, 3.8) is 0 Å². The SMILES string of the molecule is CC(=O)NCc1cccc(C[C@@H](C(=O)O)N(C)C(=O)OCC2c3ccccc3-c3ccccc32)c1. The summed E-state index contributed by atoms with van der Waals surface area (Å²) in [7, 11) is 1.44. The highest BCUT2D eigenvalue weighted by atomic mass is 16.6. The Morgan fingerprint density at radius 1 is 0.943 bits per heavy atom. The van der Waals surface area contributed by atoms with Crippen molar-refractivity contribution in [2.24, 2.45) is 0 Å². The van der Waals surface area contributed by atoms with Crippen molar-refractivity contribution < 1.29 is 24.2 Å². The second kappa shape index (κ2) is 10.4. The van der Waals surface area contributed by atoms with E-state index in [0.29, 0.717) is 6.54 Å². The standard InChI is InChI=1S/C28H28N2O5/c1-18(31)29-16-20-9-7-8-19(14-20)15-26(27(32)33)30(2)28(34)35-17-25-23-12-5-3-10-21(23)22-11-4-6-13-24(22)25/h3-14,25-26H,15-17H2,1-2H3,(H,29,31)(H,32,33)/t26-/m0/s1. The van der Waals surface area contributed by atoms with Crippen molar-refractivity contribution in [1.82, 2.24) is 10.2 Å². The lowest BCUT2D eigenvalue weighted by Gasteiger charge is -2.25. The number of nitrogens with zero attached hydrogens (tertiary/aromatic N) is 1. The van der Waals surface area contributed by atoms with Gasteiger partial charge in [0.25, 0.3) is 0 Å². The molecule has 3 aromatic rings. The highest BCUT2D eigenvalue weighted by Gasteiger charge is 2.32. The average molecular weight is 473 g/mol. The second-order valence-corrected chi connectivity index (χ2v) is 8.70. The summed E-state index contributed by atoms with van der Waals surface area (Å²) in [5.74, 6) is -1.37. The van der Waals surface area contributed by atoms with E-state index in [0.717, 1.165) is 38.3 Å². The molecule has 35 heavy (non-hydrogen) atoms. The molecule has 7 nitrogen and oxygen atoms in total. The molecule has 0 saturated heterocycles. The highest BCUT2D eigenvalue weighted by molar-refractivity contribution is 5.81. The zero-order valence-corrected chi connectivity index (χ0v) is 19.7. The number of hydrogen-bond donors (Lipinski definition) is 2. The molecule has 0 spiro atoms. The molecule has 0 saturated carbocycles. The highest BCUT2D eigenvalue weighted by Crippen LogP contribution is 2.44. The van der Waals surface area contributed by atoms with Gasteiger partial charge in [-0.3, -0.25) is 9.69 Å². The van der Waals surface area contributed by atoms with Gasteiger partial charge < -0.3 is 15.2 Å². The van der Waals surface area contributed by atoms with Crippen LogP contribution in [-0.4, -0.2) is 47.7 Å². The molecule has 0 aromatic heterocycles. The van der Waals surface area contributed by atoms with Gasteiger partial charge in [-0.05, 0) is 33.4 Å². The largest absolute Gasteiger partial charge is 0.480 e. The topological polar surface area (TPSA) is 95.9 Å². The Hall–Kier alpha value is -4.13. The van der Waals surface area contributed by atoms with Gasteiger partial charge in [-0.25, -0.2) is 9.59 Å². The van der Waals surface area contributed by atoms with Crippen LogP contribution < -0.4 is 5.32 Å².